The molecule has 0 saturated heterocycles. The van der Waals surface area contributed by atoms with Gasteiger partial charge in [0.25, 0.3) is 0 Å². The van der Waals surface area contributed by atoms with Crippen molar-refractivity contribution in [1.82, 2.24) is 9.78 Å². The Morgan fingerprint density at radius 1 is 0.902 bits per heavy atom. The number of ether oxygens (including phenoxy) is 1. The Kier molecular flexibility index (Phi) is 6.27. The van der Waals surface area contributed by atoms with Crippen LogP contribution in [0.1, 0.15) is 35.3 Å². The highest BCUT2D eigenvalue weighted by Crippen LogP contribution is 2.52. The number of hydrogen-bond acceptors (Lipinski definition) is 6. The van der Waals surface area contributed by atoms with Gasteiger partial charge in [-0.2, -0.15) is 10.1 Å². The summed E-state index contributed by atoms with van der Waals surface area (Å²) in [5, 5.41) is 15.8. The summed E-state index contributed by atoms with van der Waals surface area (Å²) < 4.78 is 8.37. The number of aliphatic imine (C=N–C) groups is 1. The first kappa shape index (κ1) is 25.4. The molecule has 4 aromatic carbocycles. The first-order chi connectivity index (χ1) is 20.0. The third kappa shape index (κ3) is 4.17. The van der Waals surface area contributed by atoms with Crippen LogP contribution in [0.5, 0.6) is 11.5 Å². The molecule has 0 fully saturated rings. The average Bonchev–Trinajstić information content (AvgIpc) is 3.50. The van der Waals surface area contributed by atoms with Gasteiger partial charge in [0.05, 0.1) is 46.4 Å². The standard InChI is InChI=1S/C33H28BrN5O2/c1-3-41-28-19-23(18-25(34)31(28)40)30-29-21(2)36-39(24-14-8-5-9-15-24)32(29)35-33-37(20-22-12-6-4-7-13-22)26-16-10-11-17-27(26)38(30)33/h4-19,30,40H,3,20H2,1-2H3. The number of guanidine groups is 1. The van der Waals surface area contributed by atoms with Crippen molar-refractivity contribution in [2.24, 2.45) is 4.99 Å². The van der Waals surface area contributed by atoms with Crippen molar-refractivity contribution in [3.05, 3.63) is 124 Å². The van der Waals surface area contributed by atoms with Crippen LogP contribution in [0, 0.1) is 6.92 Å². The third-order valence-electron chi connectivity index (χ3n) is 7.56. The Balaban J connectivity index is 1.50. The summed E-state index contributed by atoms with van der Waals surface area (Å²) >= 11 is 3.58. The number of hydrogen-bond donors (Lipinski definition) is 1. The summed E-state index contributed by atoms with van der Waals surface area (Å²) in [5.74, 6) is 2.14. The topological polar surface area (TPSA) is 66.1 Å². The van der Waals surface area contributed by atoms with Gasteiger partial charge >= 0.3 is 0 Å². The summed E-state index contributed by atoms with van der Waals surface area (Å²) in [6.07, 6.45) is 0. The van der Waals surface area contributed by atoms with E-state index in [0.717, 1.165) is 45.7 Å². The Bertz CT molecular complexity index is 1780. The van der Waals surface area contributed by atoms with E-state index in [1.165, 1.54) is 5.56 Å². The van der Waals surface area contributed by atoms with E-state index in [4.69, 9.17) is 14.8 Å². The highest BCUT2D eigenvalue weighted by atomic mass is 79.9. The van der Waals surface area contributed by atoms with E-state index in [2.05, 4.69) is 74.3 Å². The molecule has 0 amide bonds. The molecule has 204 valence electrons. The zero-order valence-corrected chi connectivity index (χ0v) is 24.3. The van der Waals surface area contributed by atoms with E-state index in [9.17, 15) is 5.11 Å². The van der Waals surface area contributed by atoms with Crippen LogP contribution in [0.3, 0.4) is 0 Å². The number of anilines is 2. The van der Waals surface area contributed by atoms with E-state index in [1.807, 2.05) is 67.1 Å². The molecule has 7 nitrogen and oxygen atoms in total. The molecule has 3 heterocycles. The number of aromatic nitrogens is 2. The fraction of sp³-hybridized carbons (Fsp3) is 0.152. The molecule has 2 aliphatic heterocycles. The number of para-hydroxylation sites is 3. The van der Waals surface area contributed by atoms with Crippen LogP contribution >= 0.6 is 15.9 Å². The third-order valence-corrected chi connectivity index (χ3v) is 8.16. The molecule has 2 aliphatic rings. The normalized spacial score (nSPS) is 15.3. The van der Waals surface area contributed by atoms with Gasteiger partial charge in [0.1, 0.15) is 0 Å². The van der Waals surface area contributed by atoms with Crippen molar-refractivity contribution in [2.45, 2.75) is 26.4 Å². The fourth-order valence-corrected chi connectivity index (χ4v) is 6.25. The number of nitrogens with zero attached hydrogens (tertiary/aromatic N) is 5. The van der Waals surface area contributed by atoms with Crippen LogP contribution in [0.15, 0.2) is 107 Å². The smallest absolute Gasteiger partial charge is 0.213 e. The Morgan fingerprint density at radius 3 is 2.32 bits per heavy atom. The molecule has 5 aromatic rings. The van der Waals surface area contributed by atoms with Gasteiger partial charge in [0.15, 0.2) is 17.3 Å². The second-order valence-corrected chi connectivity index (χ2v) is 11.0. The number of phenols is 1. The van der Waals surface area contributed by atoms with Crippen molar-refractivity contribution in [1.29, 1.82) is 0 Å². The molecule has 7 rings (SSSR count). The zero-order chi connectivity index (χ0) is 28.1. The van der Waals surface area contributed by atoms with E-state index in [0.29, 0.717) is 23.4 Å². The van der Waals surface area contributed by atoms with Gasteiger partial charge in [-0.1, -0.05) is 60.7 Å². The van der Waals surface area contributed by atoms with Crippen LogP contribution in [0.2, 0.25) is 0 Å². The van der Waals surface area contributed by atoms with Crippen molar-refractivity contribution >= 4 is 39.1 Å². The molecule has 1 aromatic heterocycles. The zero-order valence-electron chi connectivity index (χ0n) is 22.7. The maximum atomic E-state index is 10.8. The van der Waals surface area contributed by atoms with Gasteiger partial charge in [0.2, 0.25) is 5.96 Å². The molecule has 0 saturated carbocycles. The van der Waals surface area contributed by atoms with E-state index < -0.39 is 0 Å². The van der Waals surface area contributed by atoms with Gasteiger partial charge in [-0.3, -0.25) is 4.90 Å². The summed E-state index contributed by atoms with van der Waals surface area (Å²) in [6.45, 7) is 5.05. The lowest BCUT2D eigenvalue weighted by Gasteiger charge is -2.35. The number of aromatic hydroxyl groups is 1. The first-order valence-electron chi connectivity index (χ1n) is 13.6. The number of benzene rings is 4. The molecule has 1 unspecified atom stereocenters. The van der Waals surface area contributed by atoms with Crippen LogP contribution in [0.25, 0.3) is 5.69 Å². The number of rotatable bonds is 6. The molecular weight excluding hydrogens is 578 g/mol. The van der Waals surface area contributed by atoms with Gasteiger partial charge in [-0.05, 0) is 77.3 Å². The summed E-state index contributed by atoms with van der Waals surface area (Å²) in [5.41, 5.74) is 7.14. The van der Waals surface area contributed by atoms with E-state index >= 15 is 0 Å². The lowest BCUT2D eigenvalue weighted by atomic mass is 9.95. The van der Waals surface area contributed by atoms with Crippen LogP contribution < -0.4 is 14.5 Å². The fourth-order valence-electron chi connectivity index (χ4n) is 5.79. The molecular formula is C33H28BrN5O2. The molecule has 1 atom stereocenters. The van der Waals surface area contributed by atoms with E-state index in [-0.39, 0.29) is 11.8 Å². The first-order valence-corrected chi connectivity index (χ1v) is 14.4. The molecule has 41 heavy (non-hydrogen) atoms. The predicted molar refractivity (Wildman–Crippen MR) is 166 cm³/mol. The predicted octanol–water partition coefficient (Wildman–Crippen LogP) is 7.66. The van der Waals surface area contributed by atoms with Crippen molar-refractivity contribution in [3.8, 4) is 17.2 Å². The lowest BCUT2D eigenvalue weighted by Crippen LogP contribution is -2.42. The Labute approximate surface area is 247 Å². The molecule has 1 N–H and O–H groups in total. The summed E-state index contributed by atoms with van der Waals surface area (Å²) in [6, 6.07) is 32.6. The molecule has 0 spiro atoms. The minimum atomic E-state index is -0.270. The van der Waals surface area contributed by atoms with Crippen LogP contribution in [-0.2, 0) is 6.54 Å². The van der Waals surface area contributed by atoms with Gasteiger partial charge < -0.3 is 14.7 Å². The largest absolute Gasteiger partial charge is 0.503 e. The van der Waals surface area contributed by atoms with Crippen molar-refractivity contribution < 1.29 is 9.84 Å². The lowest BCUT2D eigenvalue weighted by molar-refractivity contribution is 0.316. The molecule has 0 bridgehead atoms. The van der Waals surface area contributed by atoms with Crippen molar-refractivity contribution in [3.63, 3.8) is 0 Å². The second kappa shape index (κ2) is 10.1. The molecule has 0 radical (unpaired) electrons. The Hall–Kier alpha value is -4.56. The molecule has 0 aliphatic carbocycles. The highest BCUT2D eigenvalue weighted by Gasteiger charge is 2.44. The minimum absolute atomic E-state index is 0.0877. The highest BCUT2D eigenvalue weighted by molar-refractivity contribution is 9.10. The van der Waals surface area contributed by atoms with Crippen LogP contribution in [-0.4, -0.2) is 27.5 Å². The van der Waals surface area contributed by atoms with Crippen LogP contribution in [0.4, 0.5) is 17.2 Å². The number of halogens is 1. The minimum Gasteiger partial charge on any atom is -0.503 e. The second-order valence-electron chi connectivity index (χ2n) is 10.1. The maximum Gasteiger partial charge on any atom is 0.213 e. The maximum absolute atomic E-state index is 10.8. The monoisotopic (exact) mass is 605 g/mol. The average molecular weight is 607 g/mol. The quantitative estimate of drug-likeness (QED) is 0.215. The van der Waals surface area contributed by atoms with Gasteiger partial charge in [-0.15, -0.1) is 0 Å². The van der Waals surface area contributed by atoms with Gasteiger partial charge in [-0.25, -0.2) is 4.68 Å². The summed E-state index contributed by atoms with van der Waals surface area (Å²) in [7, 11) is 0. The number of aryl methyl sites for hydroxylation is 1. The van der Waals surface area contributed by atoms with E-state index in [1.54, 1.807) is 0 Å². The SMILES string of the molecule is CCOc1cc(C2c3c(C)nn(-c4ccccc4)c3N=C3N(Cc4ccccc4)c4ccccc4N32)cc(Br)c1O. The summed E-state index contributed by atoms with van der Waals surface area (Å²) in [4.78, 5) is 9.91. The number of phenolic OH excluding ortho intramolecular Hbond substituents is 1. The number of fused-ring (bicyclic) bond motifs is 4. The molecule has 8 heteroatoms. The van der Waals surface area contributed by atoms with Gasteiger partial charge in [0, 0.05) is 5.56 Å². The van der Waals surface area contributed by atoms with Crippen molar-refractivity contribution in [2.75, 3.05) is 16.4 Å². The Morgan fingerprint density at radius 2 is 1.59 bits per heavy atom.